The number of benzene rings is 1. The second-order valence-electron chi connectivity index (χ2n) is 5.10. The van der Waals surface area contributed by atoms with Crippen molar-refractivity contribution < 1.29 is 4.79 Å². The molecule has 0 atom stereocenters. The molecular weight excluding hydrogens is 320 g/mol. The average molecular weight is 331 g/mol. The van der Waals surface area contributed by atoms with E-state index in [0.29, 0.717) is 10.6 Å². The van der Waals surface area contributed by atoms with Crippen molar-refractivity contribution in [2.24, 2.45) is 0 Å². The van der Waals surface area contributed by atoms with Crippen LogP contribution in [0.4, 0.5) is 5.69 Å². The molecule has 0 fully saturated rings. The maximum absolute atomic E-state index is 12.3. The fraction of sp³-hybridized carbons (Fsp3) is 0.133. The van der Waals surface area contributed by atoms with Gasteiger partial charge in [-0.05, 0) is 38.1 Å². The van der Waals surface area contributed by atoms with Crippen LogP contribution in [0, 0.1) is 13.8 Å². The number of aryl methyl sites for hydroxylation is 2. The van der Waals surface area contributed by atoms with Gasteiger partial charge in [-0.1, -0.05) is 22.9 Å². The van der Waals surface area contributed by atoms with Crippen LogP contribution in [-0.2, 0) is 4.79 Å². The summed E-state index contributed by atoms with van der Waals surface area (Å²) in [6.07, 6.45) is 1.83. The molecule has 3 aromatic rings. The molecule has 1 N–H and O–H groups in total. The van der Waals surface area contributed by atoms with Crippen molar-refractivity contribution in [3.8, 4) is 0 Å². The first-order valence-electron chi connectivity index (χ1n) is 6.68. The van der Waals surface area contributed by atoms with E-state index in [2.05, 4.69) is 15.4 Å². The van der Waals surface area contributed by atoms with Crippen LogP contribution >= 0.6 is 22.9 Å². The number of halogens is 1. The van der Waals surface area contributed by atoms with E-state index in [1.807, 2.05) is 26.0 Å². The molecule has 4 rings (SSSR count). The van der Waals surface area contributed by atoms with Crippen LogP contribution in [0.2, 0.25) is 5.02 Å². The Bertz CT molecular complexity index is 969. The van der Waals surface area contributed by atoms with Gasteiger partial charge in [-0.3, -0.25) is 4.79 Å². The number of imidazole rings is 1. The van der Waals surface area contributed by atoms with Gasteiger partial charge >= 0.3 is 0 Å². The first-order valence-corrected chi connectivity index (χ1v) is 7.88. The second-order valence-corrected chi connectivity index (χ2v) is 6.70. The van der Waals surface area contributed by atoms with Crippen molar-refractivity contribution in [2.45, 2.75) is 13.8 Å². The van der Waals surface area contributed by atoms with E-state index in [-0.39, 0.29) is 5.91 Å². The highest BCUT2D eigenvalue weighted by Crippen LogP contribution is 2.35. The Hall–Kier alpha value is -2.18. The minimum atomic E-state index is -0.140. The van der Waals surface area contributed by atoms with Gasteiger partial charge in [0.1, 0.15) is 5.01 Å². The van der Waals surface area contributed by atoms with Crippen molar-refractivity contribution >= 4 is 51.1 Å². The number of hydrogen-bond donors (Lipinski definition) is 1. The predicted octanol–water partition coefficient (Wildman–Crippen LogP) is 3.55. The molecule has 1 amide bonds. The molecule has 1 aromatic carbocycles. The molecule has 0 radical (unpaired) electrons. The molecule has 0 spiro atoms. The number of carbonyl (C=O) groups excluding carboxylic acids is 1. The normalized spacial score (nSPS) is 15.6. The van der Waals surface area contributed by atoms with Crippen LogP contribution in [0.25, 0.3) is 16.6 Å². The van der Waals surface area contributed by atoms with Gasteiger partial charge < -0.3 is 5.32 Å². The standard InChI is InChI=1S/C15H11ClN4OS/c1-7-13(20-15(17-7)22-8(2)19-20)6-11-10-5-9(16)3-4-12(10)18-14(11)21/h3-6H,1-2H3,(H,18,21)/b11-6-. The van der Waals surface area contributed by atoms with Crippen LogP contribution in [0.15, 0.2) is 18.2 Å². The predicted molar refractivity (Wildman–Crippen MR) is 88.3 cm³/mol. The van der Waals surface area contributed by atoms with E-state index >= 15 is 0 Å². The lowest BCUT2D eigenvalue weighted by atomic mass is 10.1. The Labute approximate surface area is 135 Å². The lowest BCUT2D eigenvalue weighted by molar-refractivity contribution is -0.110. The number of rotatable bonds is 1. The Morgan fingerprint density at radius 1 is 1.36 bits per heavy atom. The largest absolute Gasteiger partial charge is 0.321 e. The van der Waals surface area contributed by atoms with Crippen LogP contribution in [0.1, 0.15) is 22.0 Å². The number of hydrogen-bond acceptors (Lipinski definition) is 4. The topological polar surface area (TPSA) is 59.3 Å². The summed E-state index contributed by atoms with van der Waals surface area (Å²) in [5.41, 5.74) is 3.81. The first kappa shape index (κ1) is 13.5. The van der Waals surface area contributed by atoms with Crippen LogP contribution in [0.3, 0.4) is 0 Å². The maximum Gasteiger partial charge on any atom is 0.256 e. The molecule has 110 valence electrons. The summed E-state index contributed by atoms with van der Waals surface area (Å²) in [6.45, 7) is 3.85. The summed E-state index contributed by atoms with van der Waals surface area (Å²) < 4.78 is 1.78. The average Bonchev–Trinajstić information content (AvgIpc) is 3.04. The Balaban J connectivity index is 1.94. The second kappa shape index (κ2) is 4.66. The number of nitrogens with one attached hydrogen (secondary N) is 1. The zero-order valence-corrected chi connectivity index (χ0v) is 13.4. The highest BCUT2D eigenvalue weighted by atomic mass is 35.5. The summed E-state index contributed by atoms with van der Waals surface area (Å²) in [7, 11) is 0. The number of anilines is 1. The molecule has 7 heteroatoms. The van der Waals surface area contributed by atoms with Gasteiger partial charge in [-0.15, -0.1) is 0 Å². The zero-order valence-electron chi connectivity index (χ0n) is 11.8. The first-order chi connectivity index (χ1) is 10.5. The summed E-state index contributed by atoms with van der Waals surface area (Å²) in [4.78, 5) is 17.6. The van der Waals surface area contributed by atoms with E-state index in [0.717, 1.165) is 32.6 Å². The Morgan fingerprint density at radius 2 is 2.18 bits per heavy atom. The fourth-order valence-corrected chi connectivity index (χ4v) is 3.53. The summed E-state index contributed by atoms with van der Waals surface area (Å²) in [5, 5.41) is 8.82. The van der Waals surface area contributed by atoms with Gasteiger partial charge in [0.05, 0.1) is 17.0 Å². The third-order valence-corrected chi connectivity index (χ3v) is 4.63. The fourth-order valence-electron chi connectivity index (χ4n) is 2.57. The molecule has 5 nitrogen and oxygen atoms in total. The quantitative estimate of drug-likeness (QED) is 0.694. The van der Waals surface area contributed by atoms with E-state index in [4.69, 9.17) is 11.6 Å². The molecule has 3 heterocycles. The molecule has 0 unspecified atom stereocenters. The van der Waals surface area contributed by atoms with Crippen molar-refractivity contribution in [2.75, 3.05) is 5.32 Å². The molecule has 0 saturated heterocycles. The minimum absolute atomic E-state index is 0.140. The summed E-state index contributed by atoms with van der Waals surface area (Å²) in [5.74, 6) is -0.140. The monoisotopic (exact) mass is 330 g/mol. The number of fused-ring (bicyclic) bond motifs is 2. The molecule has 1 aliphatic rings. The highest BCUT2D eigenvalue weighted by Gasteiger charge is 2.25. The van der Waals surface area contributed by atoms with E-state index in [9.17, 15) is 4.79 Å². The number of nitrogens with zero attached hydrogens (tertiary/aromatic N) is 3. The van der Waals surface area contributed by atoms with E-state index in [1.165, 1.54) is 11.3 Å². The van der Waals surface area contributed by atoms with Gasteiger partial charge in [0.15, 0.2) is 0 Å². The van der Waals surface area contributed by atoms with Gasteiger partial charge in [-0.25, -0.2) is 9.50 Å². The molecule has 0 bridgehead atoms. The molecule has 1 aliphatic heterocycles. The smallest absolute Gasteiger partial charge is 0.256 e. The number of aromatic nitrogens is 3. The van der Waals surface area contributed by atoms with Gasteiger partial charge in [-0.2, -0.15) is 5.10 Å². The molecule has 0 saturated carbocycles. The van der Waals surface area contributed by atoms with Crippen molar-refractivity contribution in [1.29, 1.82) is 0 Å². The maximum atomic E-state index is 12.3. The summed E-state index contributed by atoms with van der Waals surface area (Å²) >= 11 is 7.58. The van der Waals surface area contributed by atoms with Crippen molar-refractivity contribution in [3.63, 3.8) is 0 Å². The van der Waals surface area contributed by atoms with Gasteiger partial charge in [0, 0.05) is 16.3 Å². The third kappa shape index (κ3) is 1.95. The van der Waals surface area contributed by atoms with Crippen LogP contribution < -0.4 is 5.32 Å². The van der Waals surface area contributed by atoms with Crippen LogP contribution in [0.5, 0.6) is 0 Å². The van der Waals surface area contributed by atoms with Crippen molar-refractivity contribution in [1.82, 2.24) is 14.6 Å². The van der Waals surface area contributed by atoms with Gasteiger partial charge in [0.25, 0.3) is 5.91 Å². The van der Waals surface area contributed by atoms with E-state index < -0.39 is 0 Å². The van der Waals surface area contributed by atoms with Crippen molar-refractivity contribution in [3.05, 3.63) is 45.2 Å². The Kier molecular flexibility index (Phi) is 2.85. The third-order valence-electron chi connectivity index (χ3n) is 3.57. The molecule has 22 heavy (non-hydrogen) atoms. The van der Waals surface area contributed by atoms with Crippen LogP contribution in [-0.4, -0.2) is 20.5 Å². The highest BCUT2D eigenvalue weighted by molar-refractivity contribution is 7.16. The molecule has 0 aliphatic carbocycles. The minimum Gasteiger partial charge on any atom is -0.321 e. The Morgan fingerprint density at radius 3 is 3.00 bits per heavy atom. The zero-order chi connectivity index (χ0) is 15.4. The lowest BCUT2D eigenvalue weighted by Crippen LogP contribution is -2.04. The van der Waals surface area contributed by atoms with E-state index in [1.54, 1.807) is 16.6 Å². The SMILES string of the molecule is Cc1nn2c(/C=C3\C(=O)Nc4ccc(Cl)cc43)c(C)nc2s1. The number of carbonyl (C=O) groups is 1. The lowest BCUT2D eigenvalue weighted by Gasteiger charge is -1.99. The number of amides is 1. The molecular formula is C15H11ClN4OS. The van der Waals surface area contributed by atoms with Gasteiger partial charge in [0.2, 0.25) is 4.96 Å². The summed E-state index contributed by atoms with van der Waals surface area (Å²) in [6, 6.07) is 5.36. The molecule has 2 aromatic heterocycles.